The largest absolute Gasteiger partial charge is 0.382 e. The van der Waals surface area contributed by atoms with E-state index in [1.807, 2.05) is 18.7 Å². The monoisotopic (exact) mass is 216 g/mol. The molecule has 0 aromatic heterocycles. The normalized spacial score (nSPS) is 12.5. The molecule has 0 saturated carbocycles. The molecule has 0 aromatic rings. The first-order chi connectivity index (χ1) is 7.15. The highest BCUT2D eigenvalue weighted by Gasteiger charge is 2.12. The van der Waals surface area contributed by atoms with Crippen molar-refractivity contribution in [2.24, 2.45) is 5.73 Å². The van der Waals surface area contributed by atoms with Crippen LogP contribution in [0.5, 0.6) is 0 Å². The maximum absolute atomic E-state index is 11.7. The van der Waals surface area contributed by atoms with Crippen LogP contribution in [0.3, 0.4) is 0 Å². The zero-order valence-electron chi connectivity index (χ0n) is 10.2. The fourth-order valence-electron chi connectivity index (χ4n) is 1.34. The predicted molar refractivity (Wildman–Crippen MR) is 61.6 cm³/mol. The van der Waals surface area contributed by atoms with E-state index in [0.29, 0.717) is 13.0 Å². The van der Waals surface area contributed by atoms with E-state index in [9.17, 15) is 4.79 Å². The molecule has 0 aliphatic rings. The van der Waals surface area contributed by atoms with E-state index in [-0.39, 0.29) is 12.0 Å². The molecule has 0 fully saturated rings. The van der Waals surface area contributed by atoms with Crippen molar-refractivity contribution in [3.05, 3.63) is 0 Å². The molecule has 0 aliphatic carbocycles. The van der Waals surface area contributed by atoms with E-state index in [1.54, 1.807) is 7.11 Å². The quantitative estimate of drug-likeness (QED) is 0.658. The molecule has 0 radical (unpaired) electrons. The number of nitrogens with zero attached hydrogens (tertiary/aromatic N) is 1. The number of methoxy groups -OCH3 is 1. The molecule has 4 nitrogen and oxygen atoms in total. The zero-order valence-corrected chi connectivity index (χ0v) is 10.2. The van der Waals surface area contributed by atoms with Crippen molar-refractivity contribution in [2.75, 3.05) is 26.7 Å². The molecule has 0 aliphatic heterocycles. The highest BCUT2D eigenvalue weighted by molar-refractivity contribution is 5.76. The Kier molecular flexibility index (Phi) is 8.33. The summed E-state index contributed by atoms with van der Waals surface area (Å²) in [5, 5.41) is 0. The minimum Gasteiger partial charge on any atom is -0.382 e. The van der Waals surface area contributed by atoms with Gasteiger partial charge in [0.1, 0.15) is 0 Å². The van der Waals surface area contributed by atoms with Gasteiger partial charge in [-0.3, -0.25) is 4.79 Å². The van der Waals surface area contributed by atoms with Gasteiger partial charge in [-0.15, -0.1) is 0 Å². The lowest BCUT2D eigenvalue weighted by Crippen LogP contribution is -2.33. The first-order valence-corrected chi connectivity index (χ1v) is 5.66. The van der Waals surface area contributed by atoms with Gasteiger partial charge in [0.05, 0.1) is 6.10 Å². The topological polar surface area (TPSA) is 55.6 Å². The highest BCUT2D eigenvalue weighted by Crippen LogP contribution is 2.04. The lowest BCUT2D eigenvalue weighted by Gasteiger charge is -2.21. The van der Waals surface area contributed by atoms with Gasteiger partial charge in [0.25, 0.3) is 0 Å². The van der Waals surface area contributed by atoms with Gasteiger partial charge in [-0.25, -0.2) is 0 Å². The lowest BCUT2D eigenvalue weighted by molar-refractivity contribution is -0.131. The Balaban J connectivity index is 3.82. The van der Waals surface area contributed by atoms with Gasteiger partial charge in [0.15, 0.2) is 0 Å². The first-order valence-electron chi connectivity index (χ1n) is 5.66. The maximum atomic E-state index is 11.7. The van der Waals surface area contributed by atoms with Gasteiger partial charge in [0.2, 0.25) is 5.91 Å². The van der Waals surface area contributed by atoms with Crippen molar-refractivity contribution in [2.45, 2.75) is 39.2 Å². The summed E-state index contributed by atoms with van der Waals surface area (Å²) in [7, 11) is 1.67. The van der Waals surface area contributed by atoms with Crippen LogP contribution in [0.2, 0.25) is 0 Å². The van der Waals surface area contributed by atoms with Crippen LogP contribution < -0.4 is 5.73 Å². The van der Waals surface area contributed by atoms with E-state index in [0.717, 1.165) is 25.9 Å². The van der Waals surface area contributed by atoms with Gasteiger partial charge in [-0.05, 0) is 33.2 Å². The van der Waals surface area contributed by atoms with Crippen LogP contribution in [-0.4, -0.2) is 43.7 Å². The lowest BCUT2D eigenvalue weighted by atomic mass is 10.2. The molecular formula is C11H24N2O2. The predicted octanol–water partition coefficient (Wildman–Crippen LogP) is 0.999. The Morgan fingerprint density at radius 2 is 2.20 bits per heavy atom. The molecule has 1 atom stereocenters. The summed E-state index contributed by atoms with van der Waals surface area (Å²) in [6.45, 7) is 6.14. The molecular weight excluding hydrogens is 192 g/mol. The Bertz CT molecular complexity index is 174. The van der Waals surface area contributed by atoms with Gasteiger partial charge >= 0.3 is 0 Å². The summed E-state index contributed by atoms with van der Waals surface area (Å²) in [6, 6.07) is 0. The zero-order chi connectivity index (χ0) is 11.7. The van der Waals surface area contributed by atoms with Crippen LogP contribution >= 0.6 is 0 Å². The second-order valence-electron chi connectivity index (χ2n) is 3.70. The van der Waals surface area contributed by atoms with Crippen LogP contribution in [-0.2, 0) is 9.53 Å². The van der Waals surface area contributed by atoms with Crippen molar-refractivity contribution >= 4 is 5.91 Å². The van der Waals surface area contributed by atoms with E-state index in [2.05, 4.69) is 0 Å². The number of amides is 1. The number of nitrogens with two attached hydrogens (primary N) is 1. The number of rotatable bonds is 8. The van der Waals surface area contributed by atoms with Gasteiger partial charge in [0, 0.05) is 26.6 Å². The maximum Gasteiger partial charge on any atom is 0.222 e. The second-order valence-corrected chi connectivity index (χ2v) is 3.70. The summed E-state index contributed by atoms with van der Waals surface area (Å²) < 4.78 is 5.10. The molecule has 4 heteroatoms. The summed E-state index contributed by atoms with van der Waals surface area (Å²) in [5.74, 6) is 0.204. The molecule has 90 valence electrons. The molecule has 0 rings (SSSR count). The minimum atomic E-state index is 0.155. The van der Waals surface area contributed by atoms with E-state index in [1.165, 1.54) is 0 Å². The Labute approximate surface area is 92.8 Å². The van der Waals surface area contributed by atoms with Crippen LogP contribution in [0.15, 0.2) is 0 Å². The van der Waals surface area contributed by atoms with Crippen molar-refractivity contribution in [3.8, 4) is 0 Å². The standard InChI is InChI=1S/C11H24N2O2/c1-4-13(9-5-8-12)11(14)7-6-10(2)15-3/h10H,4-9,12H2,1-3H3. The summed E-state index contributed by atoms with van der Waals surface area (Å²) in [5.41, 5.74) is 5.42. The van der Waals surface area contributed by atoms with Crippen LogP contribution in [0.25, 0.3) is 0 Å². The highest BCUT2D eigenvalue weighted by atomic mass is 16.5. The van der Waals surface area contributed by atoms with Gasteiger partial charge < -0.3 is 15.4 Å². The van der Waals surface area contributed by atoms with E-state index in [4.69, 9.17) is 10.5 Å². The van der Waals surface area contributed by atoms with E-state index >= 15 is 0 Å². The molecule has 1 unspecified atom stereocenters. The number of carbonyl (C=O) groups is 1. The van der Waals surface area contributed by atoms with Crippen LogP contribution in [0.4, 0.5) is 0 Å². The molecule has 0 bridgehead atoms. The average Bonchev–Trinajstić information content (AvgIpc) is 2.26. The smallest absolute Gasteiger partial charge is 0.222 e. The summed E-state index contributed by atoms with van der Waals surface area (Å²) >= 11 is 0. The van der Waals surface area contributed by atoms with Crippen LogP contribution in [0.1, 0.15) is 33.1 Å². The van der Waals surface area contributed by atoms with Crippen molar-refractivity contribution in [3.63, 3.8) is 0 Å². The molecule has 0 saturated heterocycles. The third-order valence-corrected chi connectivity index (χ3v) is 2.53. The summed E-state index contributed by atoms with van der Waals surface area (Å²) in [6.07, 6.45) is 2.38. The second kappa shape index (κ2) is 8.68. The number of carbonyl (C=O) groups excluding carboxylic acids is 1. The Morgan fingerprint density at radius 1 is 1.53 bits per heavy atom. The van der Waals surface area contributed by atoms with Crippen LogP contribution in [0, 0.1) is 0 Å². The third-order valence-electron chi connectivity index (χ3n) is 2.53. The Morgan fingerprint density at radius 3 is 2.67 bits per heavy atom. The molecule has 1 amide bonds. The van der Waals surface area contributed by atoms with E-state index < -0.39 is 0 Å². The third kappa shape index (κ3) is 6.47. The SMILES string of the molecule is CCN(CCCN)C(=O)CCC(C)OC. The molecule has 0 heterocycles. The van der Waals surface area contributed by atoms with Crippen molar-refractivity contribution in [1.29, 1.82) is 0 Å². The molecule has 0 aromatic carbocycles. The Hall–Kier alpha value is -0.610. The molecule has 0 spiro atoms. The minimum absolute atomic E-state index is 0.155. The molecule has 2 N–H and O–H groups in total. The van der Waals surface area contributed by atoms with Gasteiger partial charge in [-0.2, -0.15) is 0 Å². The fourth-order valence-corrected chi connectivity index (χ4v) is 1.34. The van der Waals surface area contributed by atoms with Crippen molar-refractivity contribution < 1.29 is 9.53 Å². The fraction of sp³-hybridized carbons (Fsp3) is 0.909. The number of hydrogen-bond acceptors (Lipinski definition) is 3. The first kappa shape index (κ1) is 14.4. The number of hydrogen-bond donors (Lipinski definition) is 1. The molecule has 15 heavy (non-hydrogen) atoms. The number of ether oxygens (including phenoxy) is 1. The average molecular weight is 216 g/mol. The van der Waals surface area contributed by atoms with Crippen molar-refractivity contribution in [1.82, 2.24) is 4.90 Å². The summed E-state index contributed by atoms with van der Waals surface area (Å²) in [4.78, 5) is 13.6. The van der Waals surface area contributed by atoms with Gasteiger partial charge in [-0.1, -0.05) is 0 Å².